The third-order valence-corrected chi connectivity index (χ3v) is 2.43. The van der Waals surface area contributed by atoms with E-state index in [0.717, 1.165) is 29.9 Å². The standard InChI is InChI=1S/C11H15NO3/c1-13-9-5-4-8(3-2-6-12)10-11(9)15-7-14-10/h4-5H,2-3,6-7,12H2,1H3. The molecule has 0 unspecified atom stereocenters. The normalized spacial score (nSPS) is 12.9. The van der Waals surface area contributed by atoms with Gasteiger partial charge in [-0.05, 0) is 31.0 Å². The molecule has 1 aliphatic rings. The van der Waals surface area contributed by atoms with Crippen molar-refractivity contribution in [1.82, 2.24) is 0 Å². The molecule has 1 heterocycles. The van der Waals surface area contributed by atoms with Crippen LogP contribution < -0.4 is 19.9 Å². The Labute approximate surface area is 88.9 Å². The second-order valence-corrected chi connectivity index (χ2v) is 3.38. The van der Waals surface area contributed by atoms with Crippen LogP contribution in [0, 0.1) is 0 Å². The molecule has 0 radical (unpaired) electrons. The molecule has 4 nitrogen and oxygen atoms in total. The van der Waals surface area contributed by atoms with Gasteiger partial charge in [0.15, 0.2) is 11.5 Å². The third-order valence-electron chi connectivity index (χ3n) is 2.43. The number of benzene rings is 1. The molecule has 0 aromatic heterocycles. The summed E-state index contributed by atoms with van der Waals surface area (Å²) in [4.78, 5) is 0. The summed E-state index contributed by atoms with van der Waals surface area (Å²) in [5.41, 5.74) is 6.61. The highest BCUT2D eigenvalue weighted by molar-refractivity contribution is 5.57. The lowest BCUT2D eigenvalue weighted by atomic mass is 10.1. The topological polar surface area (TPSA) is 53.7 Å². The minimum Gasteiger partial charge on any atom is -0.493 e. The number of methoxy groups -OCH3 is 1. The Bertz CT molecular complexity index is 352. The van der Waals surface area contributed by atoms with Crippen LogP contribution in [0.15, 0.2) is 12.1 Å². The largest absolute Gasteiger partial charge is 0.493 e. The van der Waals surface area contributed by atoms with E-state index in [1.165, 1.54) is 0 Å². The average molecular weight is 209 g/mol. The quantitative estimate of drug-likeness (QED) is 0.812. The Kier molecular flexibility index (Phi) is 2.97. The maximum Gasteiger partial charge on any atom is 0.231 e. The van der Waals surface area contributed by atoms with E-state index < -0.39 is 0 Å². The predicted octanol–water partition coefficient (Wildman–Crippen LogP) is 1.32. The first-order valence-corrected chi connectivity index (χ1v) is 5.02. The van der Waals surface area contributed by atoms with Gasteiger partial charge in [-0.25, -0.2) is 0 Å². The number of aryl methyl sites for hydroxylation is 1. The molecule has 15 heavy (non-hydrogen) atoms. The highest BCUT2D eigenvalue weighted by Crippen LogP contribution is 2.43. The molecule has 0 saturated heterocycles. The van der Waals surface area contributed by atoms with E-state index >= 15 is 0 Å². The van der Waals surface area contributed by atoms with Gasteiger partial charge in [0.2, 0.25) is 12.5 Å². The Morgan fingerprint density at radius 2 is 2.13 bits per heavy atom. The Morgan fingerprint density at radius 1 is 1.33 bits per heavy atom. The predicted molar refractivity (Wildman–Crippen MR) is 56.5 cm³/mol. The molecule has 1 aromatic carbocycles. The van der Waals surface area contributed by atoms with Gasteiger partial charge in [-0.15, -0.1) is 0 Å². The first-order chi connectivity index (χ1) is 7.36. The zero-order valence-electron chi connectivity index (χ0n) is 8.79. The van der Waals surface area contributed by atoms with Crippen molar-refractivity contribution in [3.63, 3.8) is 0 Å². The number of ether oxygens (including phenoxy) is 3. The molecule has 0 aliphatic carbocycles. The lowest BCUT2D eigenvalue weighted by Gasteiger charge is -2.08. The third kappa shape index (κ3) is 1.85. The average Bonchev–Trinajstić information content (AvgIpc) is 2.74. The van der Waals surface area contributed by atoms with Gasteiger partial charge >= 0.3 is 0 Å². The molecule has 1 aromatic rings. The van der Waals surface area contributed by atoms with Gasteiger partial charge in [-0.2, -0.15) is 0 Å². The Hall–Kier alpha value is -1.42. The molecule has 2 rings (SSSR count). The second kappa shape index (κ2) is 4.40. The molecule has 0 spiro atoms. The summed E-state index contributed by atoms with van der Waals surface area (Å²) in [6, 6.07) is 3.90. The summed E-state index contributed by atoms with van der Waals surface area (Å²) in [7, 11) is 1.62. The zero-order chi connectivity index (χ0) is 10.7. The molecule has 4 heteroatoms. The molecule has 2 N–H and O–H groups in total. The second-order valence-electron chi connectivity index (χ2n) is 3.38. The van der Waals surface area contributed by atoms with E-state index in [0.29, 0.717) is 12.3 Å². The maximum absolute atomic E-state index is 5.48. The summed E-state index contributed by atoms with van der Waals surface area (Å²) in [6.45, 7) is 0.951. The van der Waals surface area contributed by atoms with Crippen molar-refractivity contribution in [3.05, 3.63) is 17.7 Å². The van der Waals surface area contributed by atoms with Gasteiger partial charge in [0.05, 0.1) is 7.11 Å². The van der Waals surface area contributed by atoms with Crippen LogP contribution in [-0.2, 0) is 6.42 Å². The summed E-state index contributed by atoms with van der Waals surface area (Å²) in [6.07, 6.45) is 1.86. The van der Waals surface area contributed by atoms with E-state index in [-0.39, 0.29) is 6.79 Å². The smallest absolute Gasteiger partial charge is 0.231 e. The van der Waals surface area contributed by atoms with E-state index in [1.54, 1.807) is 7.11 Å². The van der Waals surface area contributed by atoms with Crippen LogP contribution in [-0.4, -0.2) is 20.4 Å². The van der Waals surface area contributed by atoms with Crippen LogP contribution in [0.2, 0.25) is 0 Å². The highest BCUT2D eigenvalue weighted by atomic mass is 16.7. The van der Waals surface area contributed by atoms with Crippen LogP contribution in [0.1, 0.15) is 12.0 Å². The summed E-state index contributed by atoms with van der Waals surface area (Å²) >= 11 is 0. The molecule has 0 amide bonds. The van der Waals surface area contributed by atoms with Crippen molar-refractivity contribution >= 4 is 0 Å². The van der Waals surface area contributed by atoms with Crippen molar-refractivity contribution < 1.29 is 14.2 Å². The molecule has 0 saturated carbocycles. The maximum atomic E-state index is 5.48. The fraction of sp³-hybridized carbons (Fsp3) is 0.455. The summed E-state index contributed by atoms with van der Waals surface area (Å²) < 4.78 is 16.0. The molecular weight excluding hydrogens is 194 g/mol. The summed E-state index contributed by atoms with van der Waals surface area (Å²) in [5.74, 6) is 2.24. The Balaban J connectivity index is 2.29. The first kappa shape index (κ1) is 10.1. The number of fused-ring (bicyclic) bond motifs is 1. The lowest BCUT2D eigenvalue weighted by molar-refractivity contribution is 0.170. The number of hydrogen-bond donors (Lipinski definition) is 1. The number of nitrogens with two attached hydrogens (primary N) is 1. The van der Waals surface area contributed by atoms with Crippen LogP contribution in [0.25, 0.3) is 0 Å². The molecule has 0 fully saturated rings. The van der Waals surface area contributed by atoms with Gasteiger partial charge < -0.3 is 19.9 Å². The number of hydrogen-bond acceptors (Lipinski definition) is 4. The van der Waals surface area contributed by atoms with Gasteiger partial charge in [0, 0.05) is 0 Å². The van der Waals surface area contributed by atoms with Crippen molar-refractivity contribution in [3.8, 4) is 17.2 Å². The highest BCUT2D eigenvalue weighted by Gasteiger charge is 2.21. The SMILES string of the molecule is COc1ccc(CCCN)c2c1OCO2. The minimum atomic E-state index is 0.269. The Morgan fingerprint density at radius 3 is 2.87 bits per heavy atom. The van der Waals surface area contributed by atoms with Crippen molar-refractivity contribution in [2.24, 2.45) is 5.73 Å². The fourth-order valence-corrected chi connectivity index (χ4v) is 1.68. The molecular formula is C11H15NO3. The van der Waals surface area contributed by atoms with Gasteiger partial charge in [-0.3, -0.25) is 0 Å². The lowest BCUT2D eigenvalue weighted by Crippen LogP contribution is -2.01. The first-order valence-electron chi connectivity index (χ1n) is 5.02. The molecule has 82 valence electrons. The van der Waals surface area contributed by atoms with Crippen molar-refractivity contribution in [2.75, 3.05) is 20.4 Å². The molecule has 0 atom stereocenters. The van der Waals surface area contributed by atoms with Gasteiger partial charge in [0.1, 0.15) is 0 Å². The van der Waals surface area contributed by atoms with Crippen LogP contribution in [0.4, 0.5) is 0 Å². The summed E-state index contributed by atoms with van der Waals surface area (Å²) in [5, 5.41) is 0. The van der Waals surface area contributed by atoms with Gasteiger partial charge in [0.25, 0.3) is 0 Å². The van der Waals surface area contributed by atoms with Crippen LogP contribution >= 0.6 is 0 Å². The fourth-order valence-electron chi connectivity index (χ4n) is 1.68. The monoisotopic (exact) mass is 209 g/mol. The van der Waals surface area contributed by atoms with E-state index in [2.05, 4.69) is 0 Å². The minimum absolute atomic E-state index is 0.269. The molecule has 0 bridgehead atoms. The van der Waals surface area contributed by atoms with Crippen molar-refractivity contribution in [1.29, 1.82) is 0 Å². The van der Waals surface area contributed by atoms with Crippen LogP contribution in [0.5, 0.6) is 17.2 Å². The van der Waals surface area contributed by atoms with E-state index in [4.69, 9.17) is 19.9 Å². The van der Waals surface area contributed by atoms with Crippen molar-refractivity contribution in [2.45, 2.75) is 12.8 Å². The zero-order valence-corrected chi connectivity index (χ0v) is 8.79. The number of rotatable bonds is 4. The van der Waals surface area contributed by atoms with Gasteiger partial charge in [-0.1, -0.05) is 6.07 Å². The van der Waals surface area contributed by atoms with E-state index in [9.17, 15) is 0 Å². The van der Waals surface area contributed by atoms with E-state index in [1.807, 2.05) is 12.1 Å². The van der Waals surface area contributed by atoms with Crippen LogP contribution in [0.3, 0.4) is 0 Å². The molecule has 1 aliphatic heterocycles.